The third-order valence-electron chi connectivity index (χ3n) is 4.04. The van der Waals surface area contributed by atoms with Crippen LogP contribution in [0.15, 0.2) is 29.2 Å². The zero-order chi connectivity index (χ0) is 22.3. The van der Waals surface area contributed by atoms with E-state index in [2.05, 4.69) is 20.4 Å². The number of aromatic nitrogens is 4. The second-order valence-corrected chi connectivity index (χ2v) is 8.26. The Balaban J connectivity index is 1.87. The number of nitrogens with one attached hydrogen (secondary N) is 1. The molecule has 30 heavy (non-hydrogen) atoms. The van der Waals surface area contributed by atoms with E-state index >= 15 is 0 Å². The molecular formula is C17H16F3N5O4S. The molecule has 9 nitrogen and oxygen atoms in total. The molecule has 0 atom stereocenters. The number of halogens is 3. The summed E-state index contributed by atoms with van der Waals surface area (Å²) in [6, 6.07) is 4.24. The van der Waals surface area contributed by atoms with Crippen molar-refractivity contribution in [3.8, 4) is 5.75 Å². The Morgan fingerprint density at radius 3 is 2.53 bits per heavy atom. The number of sulfone groups is 1. The molecule has 0 spiro atoms. The second kappa shape index (κ2) is 7.55. The Morgan fingerprint density at radius 1 is 1.20 bits per heavy atom. The molecule has 0 saturated heterocycles. The van der Waals surface area contributed by atoms with Gasteiger partial charge in [0.05, 0.1) is 24.1 Å². The molecule has 1 amide bonds. The predicted molar refractivity (Wildman–Crippen MR) is 98.8 cm³/mol. The number of amides is 1. The van der Waals surface area contributed by atoms with E-state index in [0.29, 0.717) is 11.8 Å². The van der Waals surface area contributed by atoms with E-state index < -0.39 is 26.1 Å². The van der Waals surface area contributed by atoms with Crippen molar-refractivity contribution in [1.82, 2.24) is 19.6 Å². The van der Waals surface area contributed by atoms with Gasteiger partial charge in [0.15, 0.2) is 5.82 Å². The molecule has 3 aromatic rings. The fourth-order valence-corrected chi connectivity index (χ4v) is 3.49. The van der Waals surface area contributed by atoms with Gasteiger partial charge in [-0.3, -0.25) is 4.79 Å². The number of alkyl halides is 3. The molecule has 0 saturated carbocycles. The molecule has 0 unspecified atom stereocenters. The Bertz CT molecular complexity index is 1240. The molecule has 0 bridgehead atoms. The Kier molecular flexibility index (Phi) is 5.41. The molecule has 2 heterocycles. The molecule has 2 aromatic heterocycles. The zero-order valence-corrected chi connectivity index (χ0v) is 16.8. The molecule has 0 fully saturated rings. The standard InChI is InChI=1S/C17H16F3N5O4S/c1-9-6-10(2)25-16(21-9)23-14(24-25)8-15(26)22-12-7-11(4-5-13(12)29-3)30(27,28)17(18,19)20/h4-7H,8H2,1-3H3,(H,22,26). The first-order valence-corrected chi connectivity index (χ1v) is 9.90. The van der Waals surface area contributed by atoms with Crippen molar-refractivity contribution >= 4 is 27.2 Å². The van der Waals surface area contributed by atoms with E-state index in [9.17, 15) is 26.4 Å². The molecule has 0 aliphatic heterocycles. The number of anilines is 1. The number of fused-ring (bicyclic) bond motifs is 1. The summed E-state index contributed by atoms with van der Waals surface area (Å²) in [5, 5.41) is 6.51. The lowest BCUT2D eigenvalue weighted by Gasteiger charge is -2.13. The van der Waals surface area contributed by atoms with Gasteiger partial charge in [-0.2, -0.15) is 18.2 Å². The van der Waals surface area contributed by atoms with E-state index in [0.717, 1.165) is 23.5 Å². The van der Waals surface area contributed by atoms with Gasteiger partial charge < -0.3 is 10.1 Å². The lowest BCUT2D eigenvalue weighted by molar-refractivity contribution is -0.115. The molecule has 1 N–H and O–H groups in total. The monoisotopic (exact) mass is 443 g/mol. The number of benzene rings is 1. The average molecular weight is 443 g/mol. The fourth-order valence-electron chi connectivity index (χ4n) is 2.71. The number of nitrogens with zero attached hydrogens (tertiary/aromatic N) is 4. The van der Waals surface area contributed by atoms with E-state index in [4.69, 9.17) is 4.74 Å². The Labute approximate surface area is 168 Å². The van der Waals surface area contributed by atoms with Crippen molar-refractivity contribution < 1.29 is 31.1 Å². The number of ether oxygens (including phenoxy) is 1. The minimum Gasteiger partial charge on any atom is -0.495 e. The van der Waals surface area contributed by atoms with Gasteiger partial charge in [-0.05, 0) is 38.1 Å². The molecule has 1 aromatic carbocycles. The van der Waals surface area contributed by atoms with Crippen LogP contribution in [0.25, 0.3) is 5.78 Å². The number of methoxy groups -OCH3 is 1. The molecule has 0 aliphatic carbocycles. The summed E-state index contributed by atoms with van der Waals surface area (Å²) in [6.07, 6.45) is -0.318. The van der Waals surface area contributed by atoms with Crippen LogP contribution in [0.2, 0.25) is 0 Å². The minimum absolute atomic E-state index is 0.0134. The summed E-state index contributed by atoms with van der Waals surface area (Å²) in [6.45, 7) is 3.57. The van der Waals surface area contributed by atoms with Gasteiger partial charge in [0, 0.05) is 11.4 Å². The Morgan fingerprint density at radius 2 is 1.90 bits per heavy atom. The maximum atomic E-state index is 12.8. The highest BCUT2D eigenvalue weighted by atomic mass is 32.2. The van der Waals surface area contributed by atoms with Crippen LogP contribution in [0.3, 0.4) is 0 Å². The fraction of sp³-hybridized carbons (Fsp3) is 0.294. The molecule has 160 valence electrons. The predicted octanol–water partition coefficient (Wildman–Crippen LogP) is 2.22. The van der Waals surface area contributed by atoms with Crippen molar-refractivity contribution in [1.29, 1.82) is 0 Å². The van der Waals surface area contributed by atoms with Gasteiger partial charge in [-0.15, -0.1) is 5.10 Å². The number of hydrogen-bond donors (Lipinski definition) is 1. The first-order valence-electron chi connectivity index (χ1n) is 8.41. The van der Waals surface area contributed by atoms with Crippen molar-refractivity contribution in [2.45, 2.75) is 30.7 Å². The number of aryl methyl sites for hydroxylation is 2. The van der Waals surface area contributed by atoms with Crippen molar-refractivity contribution in [2.75, 3.05) is 12.4 Å². The second-order valence-electron chi connectivity index (χ2n) is 6.31. The first kappa shape index (κ1) is 21.5. The van der Waals surface area contributed by atoms with Gasteiger partial charge in [0.2, 0.25) is 5.91 Å². The molecule has 3 rings (SSSR count). The molecular weight excluding hydrogens is 427 g/mol. The largest absolute Gasteiger partial charge is 0.501 e. The zero-order valence-electron chi connectivity index (χ0n) is 16.0. The topological polar surface area (TPSA) is 116 Å². The van der Waals surface area contributed by atoms with Crippen LogP contribution in [-0.2, 0) is 21.1 Å². The number of hydrogen-bond acceptors (Lipinski definition) is 7. The molecule has 0 aliphatic rings. The van der Waals surface area contributed by atoms with Gasteiger partial charge in [0.25, 0.3) is 15.6 Å². The van der Waals surface area contributed by atoms with E-state index in [1.807, 2.05) is 0 Å². The van der Waals surface area contributed by atoms with Crippen LogP contribution >= 0.6 is 0 Å². The summed E-state index contributed by atoms with van der Waals surface area (Å²) >= 11 is 0. The molecule has 13 heteroatoms. The Hall–Kier alpha value is -3.22. The van der Waals surface area contributed by atoms with Crippen LogP contribution in [0.4, 0.5) is 18.9 Å². The lowest BCUT2D eigenvalue weighted by atomic mass is 10.2. The highest BCUT2D eigenvalue weighted by molar-refractivity contribution is 7.92. The van der Waals surface area contributed by atoms with Gasteiger partial charge in [-0.25, -0.2) is 17.9 Å². The van der Waals surface area contributed by atoms with Crippen LogP contribution < -0.4 is 10.1 Å². The van der Waals surface area contributed by atoms with Crippen LogP contribution in [0.5, 0.6) is 5.75 Å². The van der Waals surface area contributed by atoms with Crippen LogP contribution in [0.1, 0.15) is 17.2 Å². The van der Waals surface area contributed by atoms with E-state index in [1.54, 1.807) is 19.9 Å². The third kappa shape index (κ3) is 4.06. The van der Waals surface area contributed by atoms with Crippen LogP contribution in [-0.4, -0.2) is 46.5 Å². The number of carbonyl (C=O) groups excluding carboxylic acids is 1. The van der Waals surface area contributed by atoms with Crippen LogP contribution in [0, 0.1) is 13.8 Å². The van der Waals surface area contributed by atoms with Crippen molar-refractivity contribution in [3.05, 3.63) is 41.5 Å². The smallest absolute Gasteiger partial charge is 0.495 e. The van der Waals surface area contributed by atoms with Crippen molar-refractivity contribution in [3.63, 3.8) is 0 Å². The quantitative estimate of drug-likeness (QED) is 0.643. The SMILES string of the molecule is COc1ccc(S(=O)(=O)C(F)(F)F)cc1NC(=O)Cc1nc2nc(C)cc(C)n2n1. The summed E-state index contributed by atoms with van der Waals surface area (Å²) < 4.78 is 68.2. The highest BCUT2D eigenvalue weighted by Gasteiger charge is 2.47. The van der Waals surface area contributed by atoms with Gasteiger partial charge >= 0.3 is 5.51 Å². The van der Waals surface area contributed by atoms with Gasteiger partial charge in [-0.1, -0.05) is 0 Å². The van der Waals surface area contributed by atoms with E-state index in [1.165, 1.54) is 11.6 Å². The summed E-state index contributed by atoms with van der Waals surface area (Å²) in [5.41, 5.74) is -4.24. The number of carbonyl (C=O) groups is 1. The average Bonchev–Trinajstić information content (AvgIpc) is 3.03. The normalized spacial score (nSPS) is 12.2. The molecule has 0 radical (unpaired) electrons. The summed E-state index contributed by atoms with van der Waals surface area (Å²) in [5.74, 6) is -0.265. The van der Waals surface area contributed by atoms with Gasteiger partial charge in [0.1, 0.15) is 5.75 Å². The minimum atomic E-state index is -5.59. The highest BCUT2D eigenvalue weighted by Crippen LogP contribution is 2.34. The lowest BCUT2D eigenvalue weighted by Crippen LogP contribution is -2.23. The number of rotatable bonds is 5. The maximum Gasteiger partial charge on any atom is 0.501 e. The summed E-state index contributed by atoms with van der Waals surface area (Å²) in [7, 11) is -4.36. The van der Waals surface area contributed by atoms with E-state index in [-0.39, 0.29) is 23.7 Å². The summed E-state index contributed by atoms with van der Waals surface area (Å²) in [4.78, 5) is 19.7. The maximum absolute atomic E-state index is 12.8. The van der Waals surface area contributed by atoms with Crippen molar-refractivity contribution in [2.24, 2.45) is 0 Å². The third-order valence-corrected chi connectivity index (χ3v) is 5.52. The first-order chi connectivity index (χ1) is 13.9.